The first-order valence-electron chi connectivity index (χ1n) is 10.1. The minimum atomic E-state index is 0.248. The molecule has 0 spiro atoms. The lowest BCUT2D eigenvalue weighted by molar-refractivity contribution is 0.0238. The minimum absolute atomic E-state index is 0.248. The van der Waals surface area contributed by atoms with Crippen molar-refractivity contribution in [2.75, 3.05) is 19.6 Å². The second-order valence-corrected chi connectivity index (χ2v) is 8.70. The first-order chi connectivity index (χ1) is 14.6. The van der Waals surface area contributed by atoms with Crippen molar-refractivity contribution in [3.8, 4) is 38.8 Å². The number of rotatable bonds is 5. The molecular weight excluding hydrogens is 394 g/mol. The molecule has 5 heteroatoms. The minimum Gasteiger partial charge on any atom is -0.508 e. The lowest BCUT2D eigenvalue weighted by Gasteiger charge is -2.38. The van der Waals surface area contributed by atoms with Crippen molar-refractivity contribution in [1.29, 1.82) is 0 Å². The predicted octanol–water partition coefficient (Wildman–Crippen LogP) is 5.73. The Hall–Kier alpha value is -3.02. The molecule has 4 aromatic rings. The van der Waals surface area contributed by atoms with Crippen molar-refractivity contribution in [3.05, 3.63) is 66.7 Å². The summed E-state index contributed by atoms with van der Waals surface area (Å²) in [5, 5.41) is 20.7. The topological polar surface area (TPSA) is 52.9 Å². The van der Waals surface area contributed by atoms with Gasteiger partial charge in [-0.25, -0.2) is 0 Å². The van der Waals surface area contributed by atoms with Crippen LogP contribution in [0, 0.1) is 0 Å². The van der Waals surface area contributed by atoms with E-state index >= 15 is 0 Å². The number of thiophene rings is 1. The van der Waals surface area contributed by atoms with Crippen LogP contribution in [-0.2, 0) is 0 Å². The third kappa shape index (κ3) is 3.51. The third-order valence-corrected chi connectivity index (χ3v) is 6.82. The van der Waals surface area contributed by atoms with E-state index in [1.807, 2.05) is 30.3 Å². The maximum absolute atomic E-state index is 9.95. The Kier molecular flexibility index (Phi) is 4.85. The van der Waals surface area contributed by atoms with Crippen LogP contribution in [-0.4, -0.2) is 40.9 Å². The van der Waals surface area contributed by atoms with E-state index in [4.69, 9.17) is 4.74 Å². The smallest absolute Gasteiger partial charge is 0.124 e. The molecule has 0 saturated carbocycles. The van der Waals surface area contributed by atoms with Crippen molar-refractivity contribution in [2.24, 2.45) is 0 Å². The summed E-state index contributed by atoms with van der Waals surface area (Å²) in [7, 11) is 0. The Morgan fingerprint density at radius 3 is 2.27 bits per heavy atom. The van der Waals surface area contributed by atoms with Crippen LogP contribution in [0.5, 0.6) is 17.2 Å². The van der Waals surface area contributed by atoms with Crippen molar-refractivity contribution < 1.29 is 14.9 Å². The summed E-state index contributed by atoms with van der Waals surface area (Å²) in [4.78, 5) is 3.47. The fourth-order valence-electron chi connectivity index (χ4n) is 3.94. The summed E-state index contributed by atoms with van der Waals surface area (Å²) in [6.45, 7) is 5.21. The van der Waals surface area contributed by atoms with Gasteiger partial charge in [-0.1, -0.05) is 19.1 Å². The molecule has 152 valence electrons. The molecule has 0 atom stereocenters. The highest BCUT2D eigenvalue weighted by atomic mass is 32.1. The number of hydrogen-bond acceptors (Lipinski definition) is 5. The molecule has 1 aliphatic heterocycles. The first-order valence-corrected chi connectivity index (χ1v) is 11.0. The molecule has 0 radical (unpaired) electrons. The van der Waals surface area contributed by atoms with Crippen LogP contribution in [0.25, 0.3) is 31.7 Å². The Bertz CT molecular complexity index is 1180. The fourth-order valence-corrected chi connectivity index (χ4v) is 5.20. The molecule has 4 nitrogen and oxygen atoms in total. The lowest BCUT2D eigenvalue weighted by Crippen LogP contribution is -2.53. The van der Waals surface area contributed by atoms with Crippen LogP contribution in [0.1, 0.15) is 6.92 Å². The second kappa shape index (κ2) is 7.67. The number of nitrogens with zero attached hydrogens (tertiary/aromatic N) is 1. The number of likely N-dealkylation sites (tertiary alicyclic amines) is 1. The Morgan fingerprint density at radius 2 is 1.57 bits per heavy atom. The molecule has 1 aromatic heterocycles. The Balaban J connectivity index is 1.52. The highest BCUT2D eigenvalue weighted by Gasteiger charge is 2.26. The molecule has 5 rings (SSSR count). The summed E-state index contributed by atoms with van der Waals surface area (Å²) < 4.78 is 7.12. The molecule has 0 amide bonds. The molecule has 0 bridgehead atoms. The van der Waals surface area contributed by atoms with Crippen molar-refractivity contribution >= 4 is 21.4 Å². The monoisotopic (exact) mass is 417 g/mol. The van der Waals surface area contributed by atoms with E-state index in [9.17, 15) is 10.2 Å². The average molecular weight is 418 g/mol. The van der Waals surface area contributed by atoms with Gasteiger partial charge in [-0.3, -0.25) is 4.90 Å². The van der Waals surface area contributed by atoms with E-state index in [1.165, 1.54) is 0 Å². The molecule has 1 saturated heterocycles. The van der Waals surface area contributed by atoms with Crippen LogP contribution in [0.2, 0.25) is 0 Å². The highest BCUT2D eigenvalue weighted by Crippen LogP contribution is 2.46. The molecule has 3 aromatic carbocycles. The van der Waals surface area contributed by atoms with Gasteiger partial charge >= 0.3 is 0 Å². The van der Waals surface area contributed by atoms with Crippen LogP contribution in [0.15, 0.2) is 66.7 Å². The van der Waals surface area contributed by atoms with E-state index in [2.05, 4.69) is 24.0 Å². The van der Waals surface area contributed by atoms with E-state index in [-0.39, 0.29) is 17.6 Å². The number of phenols is 2. The van der Waals surface area contributed by atoms with Crippen molar-refractivity contribution in [2.45, 2.75) is 13.0 Å². The van der Waals surface area contributed by atoms with Gasteiger partial charge in [-0.2, -0.15) is 0 Å². The number of aromatic hydroxyl groups is 2. The van der Waals surface area contributed by atoms with E-state index in [0.717, 1.165) is 57.0 Å². The normalized spacial score (nSPS) is 14.7. The molecule has 0 aliphatic carbocycles. The number of fused-ring (bicyclic) bond motifs is 1. The summed E-state index contributed by atoms with van der Waals surface area (Å²) in [6, 6.07) is 21.0. The molecule has 2 heterocycles. The maximum Gasteiger partial charge on any atom is 0.124 e. The highest BCUT2D eigenvalue weighted by molar-refractivity contribution is 7.23. The van der Waals surface area contributed by atoms with E-state index < -0.39 is 0 Å². The number of phenolic OH excluding ortho intramolecular Hbond substituents is 2. The van der Waals surface area contributed by atoms with Gasteiger partial charge in [-0.05, 0) is 72.3 Å². The molecular formula is C25H23NO3S. The fraction of sp³-hybridized carbons (Fsp3) is 0.200. The zero-order valence-electron chi connectivity index (χ0n) is 16.7. The van der Waals surface area contributed by atoms with Crippen molar-refractivity contribution in [1.82, 2.24) is 4.90 Å². The van der Waals surface area contributed by atoms with Gasteiger partial charge in [0.15, 0.2) is 0 Å². The summed E-state index contributed by atoms with van der Waals surface area (Å²) in [5.41, 5.74) is 3.28. The SMILES string of the molecule is CCN1CC(Oc2ccc(-c3c(-c4ccc(O)cc4)sc4cc(O)ccc34)cc2)C1. The first kappa shape index (κ1) is 19.0. The second-order valence-electron chi connectivity index (χ2n) is 7.65. The number of benzene rings is 3. The molecule has 1 aliphatic rings. The summed E-state index contributed by atoms with van der Waals surface area (Å²) in [6.07, 6.45) is 0.272. The largest absolute Gasteiger partial charge is 0.508 e. The molecule has 0 unspecified atom stereocenters. The summed E-state index contributed by atoms with van der Waals surface area (Å²) in [5.74, 6) is 1.40. The van der Waals surface area contributed by atoms with Crippen molar-refractivity contribution in [3.63, 3.8) is 0 Å². The quantitative estimate of drug-likeness (QED) is 0.435. The Labute approximate surface area is 179 Å². The molecule has 1 fully saturated rings. The molecule has 30 heavy (non-hydrogen) atoms. The van der Waals surface area contributed by atoms with Crippen LogP contribution >= 0.6 is 11.3 Å². The summed E-state index contributed by atoms with van der Waals surface area (Å²) >= 11 is 1.64. The van der Waals surface area contributed by atoms with E-state index in [0.29, 0.717) is 0 Å². The molecule has 2 N–H and O–H groups in total. The van der Waals surface area contributed by atoms with Gasteiger partial charge in [0.05, 0.1) is 0 Å². The number of ether oxygens (including phenoxy) is 1. The van der Waals surface area contributed by atoms with Crippen LogP contribution in [0.4, 0.5) is 0 Å². The standard InChI is InChI=1S/C25H23NO3S/c1-2-26-14-21(15-26)29-20-10-5-16(6-11-20)24-22-12-9-19(28)13-23(22)30-25(24)17-3-7-18(27)8-4-17/h3-13,21,27-28H,2,14-15H2,1H3. The zero-order chi connectivity index (χ0) is 20.7. The third-order valence-electron chi connectivity index (χ3n) is 5.62. The van der Waals surface area contributed by atoms with Crippen LogP contribution in [0.3, 0.4) is 0 Å². The van der Waals surface area contributed by atoms with Gasteiger partial charge in [0.1, 0.15) is 23.4 Å². The van der Waals surface area contributed by atoms with Gasteiger partial charge < -0.3 is 14.9 Å². The maximum atomic E-state index is 9.95. The van der Waals surface area contributed by atoms with E-state index in [1.54, 1.807) is 35.6 Å². The number of likely N-dealkylation sites (N-methyl/N-ethyl adjacent to an activating group) is 1. The average Bonchev–Trinajstić information content (AvgIpc) is 3.09. The Morgan fingerprint density at radius 1 is 0.900 bits per heavy atom. The van der Waals surface area contributed by atoms with Gasteiger partial charge in [0, 0.05) is 33.6 Å². The van der Waals surface area contributed by atoms with Crippen LogP contribution < -0.4 is 4.74 Å². The predicted molar refractivity (Wildman–Crippen MR) is 123 cm³/mol. The van der Waals surface area contributed by atoms with Gasteiger partial charge in [-0.15, -0.1) is 11.3 Å². The number of hydrogen-bond donors (Lipinski definition) is 2. The van der Waals surface area contributed by atoms with Gasteiger partial charge in [0.2, 0.25) is 0 Å². The lowest BCUT2D eigenvalue weighted by atomic mass is 9.98. The van der Waals surface area contributed by atoms with Gasteiger partial charge in [0.25, 0.3) is 0 Å². The zero-order valence-corrected chi connectivity index (χ0v) is 17.5.